The molecule has 347 valence electrons. The summed E-state index contributed by atoms with van der Waals surface area (Å²) >= 11 is 0. The number of hydrogen-bond acceptors (Lipinski definition) is 6. The summed E-state index contributed by atoms with van der Waals surface area (Å²) in [6, 6.07) is 36.4. The second kappa shape index (κ2) is 16.6. The first-order valence-electron chi connectivity index (χ1n) is 16.6. The van der Waals surface area contributed by atoms with Crippen LogP contribution in [0.3, 0.4) is 0 Å². The molecule has 9 aromatic rings. The second-order valence-electron chi connectivity index (χ2n) is 12.5. The molecule has 6 nitrogen and oxygen atoms in total. The fourth-order valence-corrected chi connectivity index (χ4v) is 5.04. The third kappa shape index (κ3) is 22.9. The van der Waals surface area contributed by atoms with E-state index in [1.54, 1.807) is 37.2 Å². The van der Waals surface area contributed by atoms with Crippen molar-refractivity contribution >= 4 is 88.8 Å². The molecular formula is C36H24F18FeN6P3. The van der Waals surface area contributed by atoms with Crippen molar-refractivity contribution in [2.45, 2.75) is 0 Å². The average molecular weight is 1030 g/mol. The van der Waals surface area contributed by atoms with Gasteiger partial charge in [-0.1, -0.05) is 72.8 Å². The van der Waals surface area contributed by atoms with Gasteiger partial charge in [-0.3, -0.25) is 29.9 Å². The molecule has 9 rings (SSSR count). The van der Waals surface area contributed by atoms with Gasteiger partial charge in [0.15, 0.2) is 0 Å². The van der Waals surface area contributed by atoms with Crippen molar-refractivity contribution in [2.75, 3.05) is 0 Å². The maximum Gasteiger partial charge on any atom is 3.00 e. The average Bonchev–Trinajstić information content (AvgIpc) is 3.15. The van der Waals surface area contributed by atoms with Crippen LogP contribution in [-0.4, -0.2) is 29.9 Å². The normalized spacial score (nSPS) is 14.7. The molecule has 6 heterocycles. The van der Waals surface area contributed by atoms with Gasteiger partial charge in [-0.05, 0) is 36.4 Å². The summed E-state index contributed by atoms with van der Waals surface area (Å²) in [6.07, 6.45) is 10.8. The van der Waals surface area contributed by atoms with Crippen LogP contribution in [0.2, 0.25) is 0 Å². The van der Waals surface area contributed by atoms with E-state index in [1.165, 1.54) is 0 Å². The predicted octanol–water partition coefficient (Wildman–Crippen LogP) is 18.5. The van der Waals surface area contributed by atoms with Crippen LogP contribution < -0.4 is 0 Å². The van der Waals surface area contributed by atoms with Crippen molar-refractivity contribution in [3.63, 3.8) is 0 Å². The van der Waals surface area contributed by atoms with Crippen LogP contribution in [-0.2, 0) is 17.1 Å². The Morgan fingerprint density at radius 2 is 0.328 bits per heavy atom. The van der Waals surface area contributed by atoms with Crippen molar-refractivity contribution < 1.29 is 92.6 Å². The van der Waals surface area contributed by atoms with E-state index in [1.807, 2.05) is 36.4 Å². The SMILES string of the molecule is F[P-](F)(F)(F)(F)F.F[P-](F)(F)(F)(F)F.F[P-](F)(F)(F)(F)F.[Fe+3].c1cnc2c(c1)ccc1cccnc12.c1cnc2c(c1)ccc1cccnc12.c1cnc2c(c1)ccc1cccnc12. The van der Waals surface area contributed by atoms with Gasteiger partial charge in [0.05, 0.1) is 33.1 Å². The molecule has 0 amide bonds. The first kappa shape index (κ1) is 53.0. The van der Waals surface area contributed by atoms with Gasteiger partial charge in [-0.15, -0.1) is 0 Å². The number of pyridine rings is 6. The van der Waals surface area contributed by atoms with Crippen LogP contribution in [0.1, 0.15) is 0 Å². The van der Waals surface area contributed by atoms with E-state index in [9.17, 15) is 75.5 Å². The van der Waals surface area contributed by atoms with Crippen molar-refractivity contribution in [1.82, 2.24) is 29.9 Å². The molecule has 3 aromatic carbocycles. The van der Waals surface area contributed by atoms with E-state index in [-0.39, 0.29) is 17.1 Å². The summed E-state index contributed by atoms with van der Waals surface area (Å²) in [5.74, 6) is 0. The largest absolute Gasteiger partial charge is 3.00 e. The summed E-state index contributed by atoms with van der Waals surface area (Å²) in [5, 5.41) is 6.83. The molecule has 6 aromatic heterocycles. The molecule has 28 heteroatoms. The van der Waals surface area contributed by atoms with Crippen LogP contribution >= 0.6 is 23.4 Å². The van der Waals surface area contributed by atoms with Crippen molar-refractivity contribution in [3.8, 4) is 0 Å². The molecule has 0 bridgehead atoms. The number of rotatable bonds is 0. The minimum Gasteiger partial charge on any atom is -0.254 e. The van der Waals surface area contributed by atoms with Gasteiger partial charge >= 0.3 is 116 Å². The van der Waals surface area contributed by atoms with Crippen molar-refractivity contribution in [2.24, 2.45) is 0 Å². The minimum absolute atomic E-state index is 0. The molecular weight excluding hydrogens is 1010 g/mol. The number of benzene rings is 3. The maximum absolute atomic E-state index is 10.7. The van der Waals surface area contributed by atoms with E-state index in [2.05, 4.69) is 103 Å². The van der Waals surface area contributed by atoms with E-state index < -0.39 is 23.4 Å². The third-order valence-electron chi connectivity index (χ3n) is 7.03. The van der Waals surface area contributed by atoms with Crippen LogP contribution in [0.25, 0.3) is 65.4 Å². The Balaban J connectivity index is 0.000000211. The smallest absolute Gasteiger partial charge is 0.254 e. The topological polar surface area (TPSA) is 77.3 Å². The molecule has 0 spiro atoms. The molecule has 0 unspecified atom stereocenters. The van der Waals surface area contributed by atoms with E-state index >= 15 is 0 Å². The summed E-state index contributed by atoms with van der Waals surface area (Å²) in [4.78, 5) is 26.1. The molecule has 0 fully saturated rings. The Morgan fingerprint density at radius 1 is 0.219 bits per heavy atom. The van der Waals surface area contributed by atoms with Gasteiger partial charge in [0.1, 0.15) is 0 Å². The zero-order valence-electron chi connectivity index (χ0n) is 31.0. The first-order valence-corrected chi connectivity index (χ1v) is 22.7. The quantitative estimate of drug-likeness (QED) is 0.0652. The fourth-order valence-electron chi connectivity index (χ4n) is 5.04. The zero-order chi connectivity index (χ0) is 47.4. The standard InChI is InChI=1S/3C12H8N2.3F6P.Fe/c3*1-3-9-5-6-10-4-2-8-14-12(10)11(9)13-7-1;3*1-7(2,3,4,5)6;/h3*1-8H;;;;/q;;;3*-1;+3. The first-order chi connectivity index (χ1) is 28.2. The third-order valence-corrected chi connectivity index (χ3v) is 7.03. The number of aromatic nitrogens is 6. The Labute approximate surface area is 357 Å². The summed E-state index contributed by atoms with van der Waals surface area (Å²) in [6.45, 7) is 0. The molecule has 1 radical (unpaired) electrons. The van der Waals surface area contributed by atoms with Gasteiger partial charge in [-0.25, -0.2) is 0 Å². The van der Waals surface area contributed by atoms with Crippen molar-refractivity contribution in [1.29, 1.82) is 0 Å². The number of hydrogen-bond donors (Lipinski definition) is 0. The molecule has 0 aliphatic carbocycles. The summed E-state index contributed by atoms with van der Waals surface area (Å²) in [5.41, 5.74) is 5.86. The van der Waals surface area contributed by atoms with Crippen molar-refractivity contribution in [3.05, 3.63) is 146 Å². The maximum atomic E-state index is 9.87. The van der Waals surface area contributed by atoms with Crippen LogP contribution in [0.5, 0.6) is 0 Å². The molecule has 0 saturated heterocycles. The minimum atomic E-state index is -10.7. The van der Waals surface area contributed by atoms with E-state index in [4.69, 9.17) is 0 Å². The molecule has 0 atom stereocenters. The Bertz CT molecular complexity index is 2550. The Kier molecular flexibility index (Phi) is 13.7. The van der Waals surface area contributed by atoms with Crippen LogP contribution in [0.4, 0.5) is 75.5 Å². The Morgan fingerprint density at radius 3 is 0.438 bits per heavy atom. The molecule has 0 aliphatic rings. The van der Waals surface area contributed by atoms with Gasteiger partial charge in [0, 0.05) is 69.5 Å². The van der Waals surface area contributed by atoms with Gasteiger partial charge < -0.3 is 0 Å². The second-order valence-corrected chi connectivity index (χ2v) is 18.3. The van der Waals surface area contributed by atoms with E-state index in [0.717, 1.165) is 65.4 Å². The zero-order valence-corrected chi connectivity index (χ0v) is 34.8. The number of fused-ring (bicyclic) bond motifs is 9. The molecule has 0 aliphatic heterocycles. The van der Waals surface area contributed by atoms with Gasteiger partial charge in [0.25, 0.3) is 0 Å². The Hall–Kier alpha value is -5.33. The van der Waals surface area contributed by atoms with Crippen LogP contribution in [0.15, 0.2) is 146 Å². The molecule has 0 saturated carbocycles. The number of halogens is 18. The molecule has 64 heavy (non-hydrogen) atoms. The number of nitrogens with zero attached hydrogens (tertiary/aromatic N) is 6. The summed E-state index contributed by atoms with van der Waals surface area (Å²) < 4.78 is 178. The fraction of sp³-hybridized carbons (Fsp3) is 0. The van der Waals surface area contributed by atoms with Crippen LogP contribution in [0, 0.1) is 0 Å². The predicted molar refractivity (Wildman–Crippen MR) is 212 cm³/mol. The summed E-state index contributed by atoms with van der Waals surface area (Å²) in [7, 11) is -32.0. The monoisotopic (exact) mass is 1030 g/mol. The van der Waals surface area contributed by atoms with Gasteiger partial charge in [-0.2, -0.15) is 0 Å². The van der Waals surface area contributed by atoms with E-state index in [0.29, 0.717) is 0 Å². The van der Waals surface area contributed by atoms with Gasteiger partial charge in [0.2, 0.25) is 0 Å². The molecule has 0 N–H and O–H groups in total.